The molecule has 0 saturated heterocycles. The highest BCUT2D eigenvalue weighted by atomic mass is 16.3. The van der Waals surface area contributed by atoms with Crippen LogP contribution in [0.25, 0.3) is 0 Å². The Morgan fingerprint density at radius 2 is 1.71 bits per heavy atom. The van der Waals surface area contributed by atoms with Gasteiger partial charge >= 0.3 is 0 Å². The predicted octanol–water partition coefficient (Wildman–Crippen LogP) is 1.33. The lowest BCUT2D eigenvalue weighted by molar-refractivity contribution is -0.120. The molecule has 0 fully saturated rings. The van der Waals surface area contributed by atoms with Crippen LogP contribution >= 0.6 is 0 Å². The Morgan fingerprint density at radius 1 is 1.14 bits per heavy atom. The molecule has 4 nitrogen and oxygen atoms in total. The topological polar surface area (TPSA) is 50.5 Å². The number of hydrogen-bond acceptors (Lipinski definition) is 3. The lowest BCUT2D eigenvalue weighted by Crippen LogP contribution is -2.29. The van der Waals surface area contributed by atoms with Crippen LogP contribution in [0.5, 0.6) is 0 Å². The van der Waals surface area contributed by atoms with Gasteiger partial charge in [0.25, 0.3) is 11.8 Å². The molecule has 72 valence electrons. The van der Waals surface area contributed by atoms with E-state index in [0.717, 1.165) is 4.90 Å². The number of carbonyl (C=O) groups excluding carboxylic acids is 2. The van der Waals surface area contributed by atoms with Crippen molar-refractivity contribution in [3.63, 3.8) is 0 Å². The molecule has 1 aromatic heterocycles. The minimum Gasteiger partial charge on any atom is -0.464 e. The van der Waals surface area contributed by atoms with Crippen molar-refractivity contribution in [3.05, 3.63) is 29.7 Å². The monoisotopic (exact) mass is 191 g/mol. The summed E-state index contributed by atoms with van der Waals surface area (Å²) in [6.07, 6.45) is 2.51. The number of nitrogens with zero attached hydrogens (tertiary/aromatic N) is 1. The molecule has 4 heteroatoms. The first kappa shape index (κ1) is 8.74. The quantitative estimate of drug-likeness (QED) is 0.629. The van der Waals surface area contributed by atoms with Gasteiger partial charge in [0.15, 0.2) is 0 Å². The summed E-state index contributed by atoms with van der Waals surface area (Å²) in [6.45, 7) is 3.50. The average Bonchev–Trinajstić information content (AvgIpc) is 2.57. The van der Waals surface area contributed by atoms with Gasteiger partial charge in [0.2, 0.25) is 0 Å². The van der Waals surface area contributed by atoms with E-state index >= 15 is 0 Å². The van der Waals surface area contributed by atoms with Gasteiger partial charge in [-0.05, 0) is 13.8 Å². The van der Waals surface area contributed by atoms with Crippen molar-refractivity contribution in [1.29, 1.82) is 0 Å². The first-order chi connectivity index (χ1) is 6.59. The Morgan fingerprint density at radius 3 is 2.14 bits per heavy atom. The lowest BCUT2D eigenvalue weighted by Gasteiger charge is -2.11. The summed E-state index contributed by atoms with van der Waals surface area (Å²) in [5.74, 6) is 0.621. The van der Waals surface area contributed by atoms with E-state index in [9.17, 15) is 9.59 Å². The van der Waals surface area contributed by atoms with Crippen LogP contribution < -0.4 is 4.90 Å². The van der Waals surface area contributed by atoms with Gasteiger partial charge in [-0.2, -0.15) is 0 Å². The van der Waals surface area contributed by atoms with Crippen LogP contribution in [-0.4, -0.2) is 11.8 Å². The van der Waals surface area contributed by atoms with Gasteiger partial charge in [-0.15, -0.1) is 0 Å². The summed E-state index contributed by atoms with van der Waals surface area (Å²) in [5.41, 5.74) is 0.530. The zero-order valence-electron chi connectivity index (χ0n) is 7.90. The molecular weight excluding hydrogens is 182 g/mol. The van der Waals surface area contributed by atoms with Gasteiger partial charge in [-0.1, -0.05) is 0 Å². The second-order valence-corrected chi connectivity index (χ2v) is 3.14. The van der Waals surface area contributed by atoms with Crippen molar-refractivity contribution >= 4 is 17.5 Å². The first-order valence-electron chi connectivity index (χ1n) is 4.23. The van der Waals surface area contributed by atoms with E-state index in [1.165, 1.54) is 12.2 Å². The standard InChI is InChI=1S/C10H9NO3/c1-6-5-8(7(2)14-6)11-9(12)3-4-10(11)13/h3-5H,1-2H3. The Kier molecular flexibility index (Phi) is 1.77. The first-order valence-corrected chi connectivity index (χ1v) is 4.23. The number of hydrogen-bond donors (Lipinski definition) is 0. The fourth-order valence-electron chi connectivity index (χ4n) is 1.48. The Labute approximate surface area is 80.8 Å². The predicted molar refractivity (Wildman–Crippen MR) is 49.8 cm³/mol. The number of imide groups is 1. The third-order valence-corrected chi connectivity index (χ3v) is 2.06. The maximum Gasteiger partial charge on any atom is 0.258 e. The molecule has 0 spiro atoms. The molecule has 0 bridgehead atoms. The maximum atomic E-state index is 11.3. The van der Waals surface area contributed by atoms with E-state index in [4.69, 9.17) is 4.42 Å². The minimum atomic E-state index is -0.320. The van der Waals surface area contributed by atoms with E-state index in [1.807, 2.05) is 0 Å². The molecule has 0 unspecified atom stereocenters. The van der Waals surface area contributed by atoms with E-state index in [0.29, 0.717) is 17.2 Å². The lowest BCUT2D eigenvalue weighted by atomic mass is 10.3. The van der Waals surface area contributed by atoms with Crippen molar-refractivity contribution in [3.8, 4) is 0 Å². The van der Waals surface area contributed by atoms with Crippen LogP contribution in [0.4, 0.5) is 5.69 Å². The van der Waals surface area contributed by atoms with E-state index in [-0.39, 0.29) is 11.8 Å². The summed E-state index contributed by atoms with van der Waals surface area (Å²) in [5, 5.41) is 0. The molecule has 1 aromatic rings. The molecule has 2 heterocycles. The zero-order chi connectivity index (χ0) is 10.3. The summed E-state index contributed by atoms with van der Waals surface area (Å²) in [6, 6.07) is 1.68. The fraction of sp³-hybridized carbons (Fsp3) is 0.200. The molecule has 14 heavy (non-hydrogen) atoms. The van der Waals surface area contributed by atoms with Crippen molar-refractivity contribution in [1.82, 2.24) is 0 Å². The Bertz CT molecular complexity index is 424. The number of anilines is 1. The second kappa shape index (κ2) is 2.83. The van der Waals surface area contributed by atoms with Crippen molar-refractivity contribution in [2.45, 2.75) is 13.8 Å². The second-order valence-electron chi connectivity index (χ2n) is 3.14. The Balaban J connectivity index is 2.45. The summed E-state index contributed by atoms with van der Waals surface area (Å²) in [7, 11) is 0. The largest absolute Gasteiger partial charge is 0.464 e. The van der Waals surface area contributed by atoms with E-state index in [2.05, 4.69) is 0 Å². The van der Waals surface area contributed by atoms with Crippen LogP contribution in [0, 0.1) is 13.8 Å². The van der Waals surface area contributed by atoms with Gasteiger partial charge in [0, 0.05) is 18.2 Å². The molecule has 0 radical (unpaired) electrons. The minimum absolute atomic E-state index is 0.320. The fourth-order valence-corrected chi connectivity index (χ4v) is 1.48. The van der Waals surface area contributed by atoms with E-state index < -0.39 is 0 Å². The zero-order valence-corrected chi connectivity index (χ0v) is 7.90. The highest BCUT2D eigenvalue weighted by Gasteiger charge is 2.27. The smallest absolute Gasteiger partial charge is 0.258 e. The number of rotatable bonds is 1. The number of aryl methyl sites for hydroxylation is 2. The van der Waals surface area contributed by atoms with Gasteiger partial charge in [0.1, 0.15) is 11.5 Å². The van der Waals surface area contributed by atoms with Gasteiger partial charge < -0.3 is 4.42 Å². The van der Waals surface area contributed by atoms with Crippen LogP contribution in [0.2, 0.25) is 0 Å². The maximum absolute atomic E-state index is 11.3. The molecule has 0 atom stereocenters. The highest BCUT2D eigenvalue weighted by Crippen LogP contribution is 2.26. The third-order valence-electron chi connectivity index (χ3n) is 2.06. The molecule has 1 aliphatic rings. The SMILES string of the molecule is Cc1cc(N2C(=O)C=CC2=O)c(C)o1. The summed E-state index contributed by atoms with van der Waals surface area (Å²) in [4.78, 5) is 23.7. The molecule has 2 amide bonds. The highest BCUT2D eigenvalue weighted by molar-refractivity contribution is 6.28. The van der Waals surface area contributed by atoms with Crippen LogP contribution in [0.3, 0.4) is 0 Å². The molecule has 0 saturated carbocycles. The Hall–Kier alpha value is -1.84. The van der Waals surface area contributed by atoms with Gasteiger partial charge in [-0.3, -0.25) is 9.59 Å². The van der Waals surface area contributed by atoms with Crippen LogP contribution in [0.15, 0.2) is 22.6 Å². The van der Waals surface area contributed by atoms with Crippen molar-refractivity contribution in [2.24, 2.45) is 0 Å². The van der Waals surface area contributed by atoms with Crippen LogP contribution in [-0.2, 0) is 9.59 Å². The molecular formula is C10H9NO3. The molecule has 0 aliphatic carbocycles. The van der Waals surface area contributed by atoms with Crippen molar-refractivity contribution < 1.29 is 14.0 Å². The molecule has 0 aromatic carbocycles. The summed E-state index contributed by atoms with van der Waals surface area (Å²) >= 11 is 0. The number of furan rings is 1. The molecule has 2 rings (SSSR count). The molecule has 0 N–H and O–H groups in total. The van der Waals surface area contributed by atoms with E-state index in [1.54, 1.807) is 19.9 Å². The summed E-state index contributed by atoms with van der Waals surface area (Å²) < 4.78 is 5.25. The average molecular weight is 191 g/mol. The van der Waals surface area contributed by atoms with Crippen molar-refractivity contribution in [2.75, 3.05) is 4.90 Å². The van der Waals surface area contributed by atoms with Gasteiger partial charge in [0.05, 0.1) is 5.69 Å². The third kappa shape index (κ3) is 1.16. The number of amides is 2. The van der Waals surface area contributed by atoms with Crippen LogP contribution in [0.1, 0.15) is 11.5 Å². The van der Waals surface area contributed by atoms with Gasteiger partial charge in [-0.25, -0.2) is 4.90 Å². The number of carbonyl (C=O) groups is 2. The molecule has 1 aliphatic heterocycles. The normalized spacial score (nSPS) is 15.7.